The molecule has 13 rings (SSSR count). The summed E-state index contributed by atoms with van der Waals surface area (Å²) >= 11 is 0. The van der Waals surface area contributed by atoms with Gasteiger partial charge in [-0.15, -0.1) is 0 Å². The maximum atomic E-state index is 10.8. The zero-order valence-electron chi connectivity index (χ0n) is 47.3. The fraction of sp³-hybridized carbons (Fsp3) is 0.117. The van der Waals surface area contributed by atoms with Gasteiger partial charge in [-0.1, -0.05) is 131 Å². The van der Waals surface area contributed by atoms with Gasteiger partial charge in [-0.25, -0.2) is 0 Å². The van der Waals surface area contributed by atoms with Gasteiger partial charge in [0.05, 0.1) is 51.0 Å². The SMILES string of the molecule is Cc1ccc(-c2ccc3c(c2)c2cc(-c4ccc(C)cc4C)ccc2n3-c2ccc(-c3ccc(C#N)cc3C)c(-c3cc(C#N)ccc3-n3c4ccc(-c5ccc(C)cc5C)cc4c4cc(-c5ccc(C)cc5C)ccc43)c2)c(C)c1. The first-order chi connectivity index (χ1) is 39.2. The molecule has 0 aliphatic rings. The molecule has 0 amide bonds. The van der Waals surface area contributed by atoms with Crippen LogP contribution in [-0.2, 0) is 0 Å². The van der Waals surface area contributed by atoms with Crippen molar-refractivity contribution in [3.63, 3.8) is 0 Å². The Kier molecular flexibility index (Phi) is 12.3. The van der Waals surface area contributed by atoms with Crippen molar-refractivity contribution in [3.8, 4) is 90.3 Å². The largest absolute Gasteiger partial charge is 0.309 e. The van der Waals surface area contributed by atoms with E-state index in [0.29, 0.717) is 11.1 Å². The van der Waals surface area contributed by atoms with Crippen LogP contribution in [0.2, 0.25) is 0 Å². The van der Waals surface area contributed by atoms with E-state index in [9.17, 15) is 10.5 Å². The molecule has 2 aromatic heterocycles. The van der Waals surface area contributed by atoms with E-state index in [4.69, 9.17) is 0 Å². The van der Waals surface area contributed by atoms with Gasteiger partial charge in [0.1, 0.15) is 0 Å². The molecule has 4 nitrogen and oxygen atoms in total. The molecule has 0 unspecified atom stereocenters. The number of aryl methyl sites for hydroxylation is 9. The average molecular weight is 1040 g/mol. The Morgan fingerprint density at radius 2 is 0.605 bits per heavy atom. The standard InChI is InChI=1S/C77H60N4/c1-45-10-21-61(49(5)32-45)56-16-28-73-69(38-56)70-39-57(62-22-11-46(2)33-50(62)6)17-29-74(70)80(73)60-20-26-66(65-25-14-54(43-78)36-53(65)9)67(42-60)68-37-55(44-79)15-27-75(68)81-76-30-18-58(63-23-12-47(3)34-51(63)7)40-71(76)72-41-59(19-31-77(72)81)64-24-13-48(4)35-52(64)8/h10-42H,1-9H3. The number of fused-ring (bicyclic) bond motifs is 6. The van der Waals surface area contributed by atoms with Gasteiger partial charge in [0.15, 0.2) is 0 Å². The van der Waals surface area contributed by atoms with Crippen molar-refractivity contribution in [2.45, 2.75) is 62.3 Å². The van der Waals surface area contributed by atoms with Crippen LogP contribution in [0.25, 0.3) is 122 Å². The zero-order chi connectivity index (χ0) is 56.0. The van der Waals surface area contributed by atoms with Crippen LogP contribution in [0.4, 0.5) is 0 Å². The van der Waals surface area contributed by atoms with E-state index in [-0.39, 0.29) is 0 Å². The summed E-state index contributed by atoms with van der Waals surface area (Å²) in [5.74, 6) is 0. The van der Waals surface area contributed by atoms with Gasteiger partial charge in [-0.2, -0.15) is 10.5 Å². The lowest BCUT2D eigenvalue weighted by atomic mass is 9.89. The minimum Gasteiger partial charge on any atom is -0.309 e. The van der Waals surface area contributed by atoms with E-state index in [2.05, 4.69) is 266 Å². The van der Waals surface area contributed by atoms with Crippen LogP contribution in [0.3, 0.4) is 0 Å². The van der Waals surface area contributed by atoms with Gasteiger partial charge in [-0.05, 0) is 242 Å². The number of hydrogen-bond donors (Lipinski definition) is 0. The quantitative estimate of drug-likeness (QED) is 0.152. The first-order valence-electron chi connectivity index (χ1n) is 27.9. The van der Waals surface area contributed by atoms with E-state index in [1.54, 1.807) is 0 Å². The number of aromatic nitrogens is 2. The molecule has 0 N–H and O–H groups in total. The molecule has 0 fully saturated rings. The highest BCUT2D eigenvalue weighted by atomic mass is 15.0. The van der Waals surface area contributed by atoms with Crippen molar-refractivity contribution in [1.29, 1.82) is 10.5 Å². The molecule has 0 bridgehead atoms. The van der Waals surface area contributed by atoms with E-state index in [0.717, 1.165) is 83.2 Å². The van der Waals surface area contributed by atoms with Crippen molar-refractivity contribution < 1.29 is 0 Å². The second-order valence-electron chi connectivity index (χ2n) is 22.6. The minimum absolute atomic E-state index is 0.561. The third kappa shape index (κ3) is 8.69. The van der Waals surface area contributed by atoms with Crippen LogP contribution in [-0.4, -0.2) is 9.13 Å². The smallest absolute Gasteiger partial charge is 0.0991 e. The normalized spacial score (nSPS) is 11.5. The number of benzene rings is 11. The van der Waals surface area contributed by atoms with Gasteiger partial charge in [0.2, 0.25) is 0 Å². The molecule has 13 aromatic rings. The Bertz CT molecular complexity index is 4670. The van der Waals surface area contributed by atoms with Gasteiger partial charge in [0.25, 0.3) is 0 Å². The van der Waals surface area contributed by atoms with Crippen molar-refractivity contribution in [2.75, 3.05) is 0 Å². The third-order valence-electron chi connectivity index (χ3n) is 16.9. The van der Waals surface area contributed by atoms with Crippen molar-refractivity contribution in [1.82, 2.24) is 9.13 Å². The molecular weight excluding hydrogens is 981 g/mol. The molecular formula is C77H60N4. The second kappa shape index (κ2) is 19.7. The minimum atomic E-state index is 0.561. The van der Waals surface area contributed by atoms with E-state index in [1.165, 1.54) is 88.7 Å². The summed E-state index contributed by atoms with van der Waals surface area (Å²) in [5, 5.41) is 25.5. The van der Waals surface area contributed by atoms with Gasteiger partial charge in [-0.3, -0.25) is 0 Å². The first kappa shape index (κ1) is 50.5. The van der Waals surface area contributed by atoms with Crippen LogP contribution in [0, 0.1) is 85.0 Å². The molecule has 2 heterocycles. The van der Waals surface area contributed by atoms with Gasteiger partial charge >= 0.3 is 0 Å². The second-order valence-corrected chi connectivity index (χ2v) is 22.6. The molecule has 4 heteroatoms. The molecule has 0 saturated carbocycles. The number of nitriles is 2. The molecule has 81 heavy (non-hydrogen) atoms. The van der Waals surface area contributed by atoms with Crippen LogP contribution in [0.5, 0.6) is 0 Å². The molecule has 0 atom stereocenters. The monoisotopic (exact) mass is 1040 g/mol. The van der Waals surface area contributed by atoms with Crippen molar-refractivity contribution in [2.24, 2.45) is 0 Å². The van der Waals surface area contributed by atoms with Crippen molar-refractivity contribution in [3.05, 3.63) is 261 Å². The first-order valence-corrected chi connectivity index (χ1v) is 27.9. The Hall–Kier alpha value is -10.0. The van der Waals surface area contributed by atoms with E-state index in [1.807, 2.05) is 18.2 Å². The number of nitrogens with zero attached hydrogens (tertiary/aromatic N) is 4. The lowest BCUT2D eigenvalue weighted by molar-refractivity contribution is 1.17. The fourth-order valence-corrected chi connectivity index (χ4v) is 13.0. The summed E-state index contributed by atoms with van der Waals surface area (Å²) in [6.07, 6.45) is 0. The topological polar surface area (TPSA) is 57.4 Å². The highest BCUT2D eigenvalue weighted by molar-refractivity contribution is 6.14. The predicted octanol–water partition coefficient (Wildman–Crippen LogP) is 20.4. The number of rotatable bonds is 8. The molecule has 0 aliphatic heterocycles. The molecule has 0 saturated heterocycles. The summed E-state index contributed by atoms with van der Waals surface area (Å²) in [6, 6.07) is 78.4. The van der Waals surface area contributed by atoms with Crippen LogP contribution < -0.4 is 0 Å². The van der Waals surface area contributed by atoms with Gasteiger partial charge < -0.3 is 9.13 Å². The van der Waals surface area contributed by atoms with Gasteiger partial charge in [0, 0.05) is 32.8 Å². The van der Waals surface area contributed by atoms with Crippen LogP contribution in [0.15, 0.2) is 200 Å². The summed E-state index contributed by atoms with van der Waals surface area (Å²) in [6.45, 7) is 19.5. The summed E-state index contributed by atoms with van der Waals surface area (Å²) in [7, 11) is 0. The van der Waals surface area contributed by atoms with Crippen LogP contribution in [0.1, 0.15) is 61.2 Å². The summed E-state index contributed by atoms with van der Waals surface area (Å²) in [5.41, 5.74) is 31.8. The van der Waals surface area contributed by atoms with Crippen molar-refractivity contribution >= 4 is 43.6 Å². The summed E-state index contributed by atoms with van der Waals surface area (Å²) < 4.78 is 4.82. The lowest BCUT2D eigenvalue weighted by Crippen LogP contribution is -2.01. The Morgan fingerprint density at radius 3 is 0.988 bits per heavy atom. The molecule has 11 aromatic carbocycles. The maximum Gasteiger partial charge on any atom is 0.0991 e. The Morgan fingerprint density at radius 1 is 0.259 bits per heavy atom. The average Bonchev–Trinajstić information content (AvgIpc) is 4.04. The van der Waals surface area contributed by atoms with Crippen LogP contribution >= 0.6 is 0 Å². The number of hydrogen-bond acceptors (Lipinski definition) is 2. The molecule has 0 aliphatic carbocycles. The van der Waals surface area contributed by atoms with E-state index < -0.39 is 0 Å². The zero-order valence-corrected chi connectivity index (χ0v) is 47.3. The Labute approximate surface area is 474 Å². The summed E-state index contributed by atoms with van der Waals surface area (Å²) in [4.78, 5) is 0. The molecule has 0 spiro atoms. The molecule has 0 radical (unpaired) electrons. The maximum absolute atomic E-state index is 10.8. The highest BCUT2D eigenvalue weighted by Crippen LogP contribution is 2.46. The Balaban J connectivity index is 1.10. The lowest BCUT2D eigenvalue weighted by Gasteiger charge is -2.20. The third-order valence-corrected chi connectivity index (χ3v) is 16.9. The molecule has 388 valence electrons. The van der Waals surface area contributed by atoms with E-state index >= 15 is 0 Å². The highest BCUT2D eigenvalue weighted by Gasteiger charge is 2.24. The fourth-order valence-electron chi connectivity index (χ4n) is 13.0. The predicted molar refractivity (Wildman–Crippen MR) is 340 cm³/mol.